The highest BCUT2D eigenvalue weighted by Gasteiger charge is 2.17. The van der Waals surface area contributed by atoms with Crippen LogP contribution in [0.5, 0.6) is 23.0 Å². The van der Waals surface area contributed by atoms with E-state index in [0.717, 1.165) is 0 Å². The zero-order valence-corrected chi connectivity index (χ0v) is 21.9. The van der Waals surface area contributed by atoms with Gasteiger partial charge in [0.2, 0.25) is 6.79 Å². The molecular formula is C29H18Cl2N2O7. The van der Waals surface area contributed by atoms with E-state index in [4.69, 9.17) is 42.1 Å². The molecule has 1 amide bonds. The number of rotatable bonds is 7. The Kier molecular flexibility index (Phi) is 7.95. The molecule has 1 aliphatic heterocycles. The fourth-order valence-corrected chi connectivity index (χ4v) is 3.78. The van der Waals surface area contributed by atoms with Gasteiger partial charge in [-0.1, -0.05) is 23.2 Å². The highest BCUT2D eigenvalue weighted by molar-refractivity contribution is 6.31. The maximum atomic E-state index is 12.8. The van der Waals surface area contributed by atoms with Gasteiger partial charge < -0.3 is 18.9 Å². The number of benzene rings is 4. The van der Waals surface area contributed by atoms with Crippen LogP contribution in [-0.4, -0.2) is 30.9 Å². The Morgan fingerprint density at radius 3 is 2.00 bits per heavy atom. The number of nitrogens with one attached hydrogen (secondary N) is 1. The number of hydrazone groups is 1. The van der Waals surface area contributed by atoms with Crippen LogP contribution in [0.4, 0.5) is 0 Å². The zero-order chi connectivity index (χ0) is 28.1. The lowest BCUT2D eigenvalue weighted by atomic mass is 10.2. The fourth-order valence-electron chi connectivity index (χ4n) is 3.53. The van der Waals surface area contributed by atoms with Crippen molar-refractivity contribution in [1.29, 1.82) is 0 Å². The average Bonchev–Trinajstić information content (AvgIpc) is 3.43. The number of hydrogen-bond acceptors (Lipinski definition) is 8. The lowest BCUT2D eigenvalue weighted by Gasteiger charge is -2.11. The predicted molar refractivity (Wildman–Crippen MR) is 147 cm³/mol. The molecule has 0 spiro atoms. The molecule has 200 valence electrons. The Morgan fingerprint density at radius 1 is 0.725 bits per heavy atom. The van der Waals surface area contributed by atoms with Crippen LogP contribution in [0.15, 0.2) is 90.0 Å². The van der Waals surface area contributed by atoms with Gasteiger partial charge in [0, 0.05) is 27.2 Å². The Hall–Kier alpha value is -4.86. The Bertz CT molecular complexity index is 1620. The van der Waals surface area contributed by atoms with Crippen molar-refractivity contribution >= 4 is 47.3 Å². The summed E-state index contributed by atoms with van der Waals surface area (Å²) in [5, 5.41) is 4.92. The minimum Gasteiger partial charge on any atom is -0.454 e. The maximum Gasteiger partial charge on any atom is 0.343 e. The number of fused-ring (bicyclic) bond motifs is 1. The van der Waals surface area contributed by atoms with Crippen molar-refractivity contribution < 1.29 is 33.3 Å². The van der Waals surface area contributed by atoms with Gasteiger partial charge in [-0.3, -0.25) is 4.79 Å². The van der Waals surface area contributed by atoms with Crippen LogP contribution in [-0.2, 0) is 0 Å². The van der Waals surface area contributed by atoms with Gasteiger partial charge in [0.15, 0.2) is 11.5 Å². The van der Waals surface area contributed by atoms with Gasteiger partial charge in [0.1, 0.15) is 11.5 Å². The monoisotopic (exact) mass is 576 g/mol. The molecule has 4 aromatic rings. The summed E-state index contributed by atoms with van der Waals surface area (Å²) in [4.78, 5) is 37.9. The number of ether oxygens (including phenoxy) is 4. The third-order valence-electron chi connectivity index (χ3n) is 5.56. The summed E-state index contributed by atoms with van der Waals surface area (Å²) in [6.07, 6.45) is 1.29. The van der Waals surface area contributed by atoms with Crippen molar-refractivity contribution in [2.24, 2.45) is 5.10 Å². The molecule has 0 radical (unpaired) electrons. The van der Waals surface area contributed by atoms with Crippen LogP contribution in [0, 0.1) is 0 Å². The van der Waals surface area contributed by atoms with E-state index < -0.39 is 17.8 Å². The first-order valence-electron chi connectivity index (χ1n) is 11.7. The van der Waals surface area contributed by atoms with Gasteiger partial charge >= 0.3 is 11.9 Å². The first-order valence-corrected chi connectivity index (χ1v) is 12.4. The number of nitrogens with zero attached hydrogens (tertiary/aromatic N) is 1. The lowest BCUT2D eigenvalue weighted by molar-refractivity contribution is 0.0732. The van der Waals surface area contributed by atoms with Crippen molar-refractivity contribution in [3.63, 3.8) is 0 Å². The summed E-state index contributed by atoms with van der Waals surface area (Å²) in [6, 6.07) is 21.4. The van der Waals surface area contributed by atoms with E-state index in [2.05, 4.69) is 10.5 Å². The second-order valence-electron chi connectivity index (χ2n) is 8.26. The molecule has 1 N–H and O–H groups in total. The number of halogens is 2. The molecule has 0 saturated heterocycles. The number of amides is 1. The lowest BCUT2D eigenvalue weighted by Crippen LogP contribution is -2.17. The summed E-state index contributed by atoms with van der Waals surface area (Å²) >= 11 is 11.8. The molecular weight excluding hydrogens is 559 g/mol. The summed E-state index contributed by atoms with van der Waals surface area (Å²) in [7, 11) is 0. The van der Waals surface area contributed by atoms with Gasteiger partial charge in [0.05, 0.1) is 17.3 Å². The molecule has 0 atom stereocenters. The van der Waals surface area contributed by atoms with Gasteiger partial charge in [-0.2, -0.15) is 5.10 Å². The molecule has 1 heterocycles. The minimum absolute atomic E-state index is 0.0300. The third-order valence-corrected chi connectivity index (χ3v) is 6.07. The van der Waals surface area contributed by atoms with Crippen LogP contribution < -0.4 is 24.4 Å². The third kappa shape index (κ3) is 6.40. The fraction of sp³-hybridized carbons (Fsp3) is 0.0345. The van der Waals surface area contributed by atoms with Crippen LogP contribution in [0.25, 0.3) is 0 Å². The van der Waals surface area contributed by atoms with Crippen LogP contribution in [0.2, 0.25) is 10.0 Å². The molecule has 4 aromatic carbocycles. The first-order chi connectivity index (χ1) is 19.4. The molecule has 11 heteroatoms. The molecule has 0 bridgehead atoms. The van der Waals surface area contributed by atoms with E-state index in [1.807, 2.05) is 0 Å². The Morgan fingerprint density at radius 2 is 1.32 bits per heavy atom. The molecule has 0 fully saturated rings. The van der Waals surface area contributed by atoms with Gasteiger partial charge in [-0.05, 0) is 78.9 Å². The Labute approximate surface area is 237 Å². The molecule has 9 nitrogen and oxygen atoms in total. The van der Waals surface area contributed by atoms with Gasteiger partial charge in [-0.15, -0.1) is 0 Å². The largest absolute Gasteiger partial charge is 0.454 e. The van der Waals surface area contributed by atoms with E-state index in [9.17, 15) is 14.4 Å². The standard InChI is InChI=1S/C29H18Cl2N2O7/c30-21-7-1-17(2-8-21)28(35)39-23-11-5-20(25(14-23)40-29(36)18-3-9-22(31)10-4-18)15-32-33-27(34)19-6-12-24-26(13-19)38-16-37-24/h1-15H,16H2,(H,33,34)/b32-15-. The van der Waals surface area contributed by atoms with E-state index in [1.165, 1.54) is 54.7 Å². The topological polar surface area (TPSA) is 113 Å². The van der Waals surface area contributed by atoms with Crippen molar-refractivity contribution in [3.8, 4) is 23.0 Å². The normalized spacial score (nSPS) is 11.8. The quantitative estimate of drug-likeness (QED) is 0.126. The van der Waals surface area contributed by atoms with Crippen LogP contribution in [0.1, 0.15) is 36.6 Å². The van der Waals surface area contributed by atoms with Crippen molar-refractivity contribution in [1.82, 2.24) is 5.43 Å². The van der Waals surface area contributed by atoms with E-state index in [1.54, 1.807) is 36.4 Å². The highest BCUT2D eigenvalue weighted by atomic mass is 35.5. The minimum atomic E-state index is -0.683. The van der Waals surface area contributed by atoms with Crippen LogP contribution >= 0.6 is 23.2 Å². The van der Waals surface area contributed by atoms with Crippen molar-refractivity contribution in [2.75, 3.05) is 6.79 Å². The van der Waals surface area contributed by atoms with Crippen molar-refractivity contribution in [3.05, 3.63) is 117 Å². The first kappa shape index (κ1) is 26.7. The molecule has 1 aliphatic rings. The summed E-state index contributed by atoms with van der Waals surface area (Å²) in [5.74, 6) is -0.674. The summed E-state index contributed by atoms with van der Waals surface area (Å²) in [6.45, 7) is 0.0844. The second-order valence-corrected chi connectivity index (χ2v) is 9.13. The highest BCUT2D eigenvalue weighted by Crippen LogP contribution is 2.32. The van der Waals surface area contributed by atoms with Gasteiger partial charge in [-0.25, -0.2) is 15.0 Å². The van der Waals surface area contributed by atoms with E-state index >= 15 is 0 Å². The number of esters is 2. The smallest absolute Gasteiger partial charge is 0.343 e. The van der Waals surface area contributed by atoms with E-state index in [-0.39, 0.29) is 29.4 Å². The second kappa shape index (κ2) is 11.9. The SMILES string of the molecule is O=C(N/N=C\c1ccc(OC(=O)c2ccc(Cl)cc2)cc1OC(=O)c1ccc(Cl)cc1)c1ccc2c(c1)OCO2. The Balaban J connectivity index is 1.35. The zero-order valence-electron chi connectivity index (χ0n) is 20.4. The molecule has 5 rings (SSSR count). The van der Waals surface area contributed by atoms with E-state index in [0.29, 0.717) is 32.7 Å². The summed E-state index contributed by atoms with van der Waals surface area (Å²) < 4.78 is 21.6. The van der Waals surface area contributed by atoms with Crippen molar-refractivity contribution in [2.45, 2.75) is 0 Å². The summed E-state index contributed by atoms with van der Waals surface area (Å²) in [5.41, 5.74) is 3.56. The molecule has 0 aromatic heterocycles. The average molecular weight is 577 g/mol. The predicted octanol–water partition coefficient (Wildman–Crippen LogP) is 5.92. The molecule has 40 heavy (non-hydrogen) atoms. The van der Waals surface area contributed by atoms with Gasteiger partial charge in [0.25, 0.3) is 5.91 Å². The number of carbonyl (C=O) groups is 3. The number of carbonyl (C=O) groups excluding carboxylic acids is 3. The maximum absolute atomic E-state index is 12.8. The molecule has 0 aliphatic carbocycles. The molecule has 0 saturated carbocycles. The molecule has 0 unspecified atom stereocenters. The van der Waals surface area contributed by atoms with Crippen LogP contribution in [0.3, 0.4) is 0 Å². The number of hydrogen-bond donors (Lipinski definition) is 1.